The molecule has 2 unspecified atom stereocenters. The first-order valence-corrected chi connectivity index (χ1v) is 14.6. The highest BCUT2D eigenvalue weighted by atomic mass is 35.5. The number of aliphatic hydroxyl groups is 1. The maximum atomic E-state index is 15.0. The summed E-state index contributed by atoms with van der Waals surface area (Å²) in [6.45, 7) is 3.63. The summed E-state index contributed by atoms with van der Waals surface area (Å²) >= 11 is 5.95. The van der Waals surface area contributed by atoms with Crippen LogP contribution >= 0.6 is 11.6 Å². The maximum absolute atomic E-state index is 15.0. The van der Waals surface area contributed by atoms with E-state index >= 15 is 4.39 Å². The Morgan fingerprint density at radius 2 is 2.07 bits per heavy atom. The third-order valence-electron chi connectivity index (χ3n) is 8.15. The number of ether oxygens (including phenoxy) is 3. The van der Waals surface area contributed by atoms with Gasteiger partial charge >= 0.3 is 0 Å². The van der Waals surface area contributed by atoms with Crippen molar-refractivity contribution in [1.82, 2.24) is 14.9 Å². The molecule has 0 bridgehead atoms. The summed E-state index contributed by atoms with van der Waals surface area (Å²) in [6.07, 6.45) is 3.37. The molecule has 1 aromatic heterocycles. The van der Waals surface area contributed by atoms with Crippen LogP contribution in [0.1, 0.15) is 6.42 Å². The monoisotopic (exact) mass is 615 g/mol. The number of halogens is 3. The molecular weight excluding hydrogens is 584 g/mol. The fourth-order valence-electron chi connectivity index (χ4n) is 5.71. The Balaban J connectivity index is 1.21. The molecule has 1 saturated carbocycles. The van der Waals surface area contributed by atoms with Crippen LogP contribution in [0.5, 0.6) is 5.75 Å². The second-order valence-corrected chi connectivity index (χ2v) is 11.4. The van der Waals surface area contributed by atoms with Crippen LogP contribution < -0.4 is 15.4 Å². The van der Waals surface area contributed by atoms with Crippen molar-refractivity contribution < 1.29 is 32.9 Å². The zero-order chi connectivity index (χ0) is 29.9. The summed E-state index contributed by atoms with van der Waals surface area (Å²) in [5.74, 6) is -0.344. The highest BCUT2D eigenvalue weighted by molar-refractivity contribution is 6.31. The summed E-state index contributed by atoms with van der Waals surface area (Å²) < 4.78 is 45.9. The zero-order valence-corrected chi connectivity index (χ0v) is 24.0. The first kappa shape index (κ1) is 29.6. The van der Waals surface area contributed by atoms with Crippen molar-refractivity contribution in [2.45, 2.75) is 12.5 Å². The highest BCUT2D eigenvalue weighted by Gasteiger charge is 2.54. The molecule has 0 spiro atoms. The summed E-state index contributed by atoms with van der Waals surface area (Å²) in [4.78, 5) is 23.6. The molecule has 43 heavy (non-hydrogen) atoms. The summed E-state index contributed by atoms with van der Waals surface area (Å²) in [5, 5.41) is 15.2. The van der Waals surface area contributed by atoms with Crippen LogP contribution in [0, 0.1) is 23.6 Å². The molecule has 3 N–H and O–H groups in total. The van der Waals surface area contributed by atoms with Gasteiger partial charge in [-0.3, -0.25) is 9.69 Å². The zero-order valence-electron chi connectivity index (χ0n) is 23.3. The SMILES string of the molecule is O=C(Nc1cc2c(Nc3ccc(F)c(Cl)c3)ncnc2cc1OCC1C2COCC21)/C(F)=C\CN1CC[C@@H](OCCO)C1. The van der Waals surface area contributed by atoms with Crippen LogP contribution in [0.2, 0.25) is 5.02 Å². The fraction of sp³-hybridized carbons (Fsp3) is 0.433. The average molecular weight is 616 g/mol. The molecule has 3 aromatic rings. The molecule has 3 atom stereocenters. The van der Waals surface area contributed by atoms with Crippen molar-refractivity contribution in [3.05, 3.63) is 59.4 Å². The molecule has 2 aromatic carbocycles. The number of hydrogen-bond donors (Lipinski definition) is 3. The lowest BCUT2D eigenvalue weighted by Gasteiger charge is -2.16. The van der Waals surface area contributed by atoms with Crippen molar-refractivity contribution in [3.8, 4) is 5.75 Å². The van der Waals surface area contributed by atoms with Gasteiger partial charge in [-0.2, -0.15) is 0 Å². The van der Waals surface area contributed by atoms with Crippen LogP contribution in [0.4, 0.5) is 26.0 Å². The van der Waals surface area contributed by atoms with E-state index in [9.17, 15) is 9.18 Å². The van der Waals surface area contributed by atoms with Gasteiger partial charge in [0.2, 0.25) is 0 Å². The van der Waals surface area contributed by atoms with Crippen molar-refractivity contribution in [2.24, 2.45) is 17.8 Å². The highest BCUT2D eigenvalue weighted by Crippen LogP contribution is 2.51. The minimum absolute atomic E-state index is 0.0248. The normalized spacial score (nSPS) is 23.4. The first-order valence-electron chi connectivity index (χ1n) is 14.2. The van der Waals surface area contributed by atoms with Gasteiger partial charge in [0.25, 0.3) is 5.91 Å². The number of likely N-dealkylation sites (tertiary alicyclic amines) is 1. The second-order valence-electron chi connectivity index (χ2n) is 11.0. The molecule has 2 saturated heterocycles. The Morgan fingerprint density at radius 1 is 1.23 bits per heavy atom. The van der Waals surface area contributed by atoms with Gasteiger partial charge in [-0.25, -0.2) is 18.7 Å². The Kier molecular flexibility index (Phi) is 9.01. The van der Waals surface area contributed by atoms with Crippen molar-refractivity contribution in [1.29, 1.82) is 0 Å². The van der Waals surface area contributed by atoms with E-state index in [-0.39, 0.29) is 36.6 Å². The number of aromatic nitrogens is 2. The number of benzene rings is 2. The van der Waals surface area contributed by atoms with Gasteiger partial charge in [0.15, 0.2) is 5.83 Å². The number of nitrogens with one attached hydrogen (secondary N) is 2. The summed E-state index contributed by atoms with van der Waals surface area (Å²) in [7, 11) is 0. The van der Waals surface area contributed by atoms with Gasteiger partial charge in [-0.15, -0.1) is 0 Å². The van der Waals surface area contributed by atoms with Crippen molar-refractivity contribution in [2.75, 3.05) is 63.3 Å². The van der Waals surface area contributed by atoms with E-state index in [2.05, 4.69) is 20.6 Å². The minimum atomic E-state index is -0.928. The van der Waals surface area contributed by atoms with Gasteiger partial charge in [0, 0.05) is 42.7 Å². The van der Waals surface area contributed by atoms with Crippen molar-refractivity contribution >= 4 is 45.6 Å². The number of carbonyl (C=O) groups excluding carboxylic acids is 1. The fourth-order valence-corrected chi connectivity index (χ4v) is 5.89. The number of nitrogens with zero attached hydrogens (tertiary/aromatic N) is 3. The molecule has 1 aliphatic carbocycles. The quantitative estimate of drug-likeness (QED) is 0.256. The third kappa shape index (κ3) is 6.89. The van der Waals surface area contributed by atoms with Gasteiger partial charge < -0.3 is 30.0 Å². The molecule has 13 heteroatoms. The number of aliphatic hydroxyl groups excluding tert-OH is 1. The number of anilines is 3. The standard InChI is InChI=1S/C30H32ClF2N5O5/c31-23-9-17(1-2-24(23)32)36-29-19-10-27(37-30(40)25(33)4-6-38-5-3-18(12-38)42-8-7-39)28(11-26(19)34-16-35-29)43-15-22-20-13-41-14-21(20)22/h1-2,4,9-11,16,18,20-22,39H,3,5-8,12-15H2,(H,37,40)(H,34,35,36)/b25-4+/t18-,20?,21?,22?/m1/s1. The van der Waals surface area contributed by atoms with Gasteiger partial charge in [-0.1, -0.05) is 11.6 Å². The van der Waals surface area contributed by atoms with Crippen molar-refractivity contribution in [3.63, 3.8) is 0 Å². The predicted molar refractivity (Wildman–Crippen MR) is 157 cm³/mol. The molecule has 3 fully saturated rings. The molecular formula is C30H32ClF2N5O5. The van der Waals surface area contributed by atoms with Gasteiger partial charge in [-0.05, 0) is 48.6 Å². The van der Waals surface area contributed by atoms with Gasteiger partial charge in [0.1, 0.15) is 23.7 Å². The van der Waals surface area contributed by atoms with E-state index in [1.54, 1.807) is 12.1 Å². The lowest BCUT2D eigenvalue weighted by molar-refractivity contribution is -0.114. The van der Waals surface area contributed by atoms with Crippen LogP contribution in [-0.2, 0) is 14.3 Å². The molecule has 3 aliphatic rings. The largest absolute Gasteiger partial charge is 0.491 e. The summed E-state index contributed by atoms with van der Waals surface area (Å²) in [6, 6.07) is 7.51. The van der Waals surface area contributed by atoms with Crippen LogP contribution in [0.25, 0.3) is 10.9 Å². The minimum Gasteiger partial charge on any atom is -0.491 e. The van der Waals surface area contributed by atoms with E-state index in [0.717, 1.165) is 19.6 Å². The molecule has 1 amide bonds. The van der Waals surface area contributed by atoms with E-state index in [4.69, 9.17) is 30.9 Å². The summed E-state index contributed by atoms with van der Waals surface area (Å²) in [5.41, 5.74) is 1.29. The lowest BCUT2D eigenvalue weighted by atomic mass is 10.1. The van der Waals surface area contributed by atoms with Crippen LogP contribution in [0.3, 0.4) is 0 Å². The Hall–Kier alpha value is -3.42. The second kappa shape index (κ2) is 13.1. The Labute approximate surface area is 252 Å². The number of fused-ring (bicyclic) bond motifs is 2. The average Bonchev–Trinajstić information content (AvgIpc) is 3.32. The topological polar surface area (TPSA) is 118 Å². The van der Waals surface area contributed by atoms with Crippen LogP contribution in [-0.4, -0.2) is 84.7 Å². The number of carbonyl (C=O) groups is 1. The molecule has 10 nitrogen and oxygen atoms in total. The third-order valence-corrected chi connectivity index (χ3v) is 8.44. The number of amides is 1. The molecule has 2 aliphatic heterocycles. The molecule has 228 valence electrons. The number of hydrogen-bond acceptors (Lipinski definition) is 9. The van der Waals surface area contributed by atoms with Crippen LogP contribution in [0.15, 0.2) is 48.6 Å². The molecule has 0 radical (unpaired) electrons. The van der Waals surface area contributed by atoms with E-state index < -0.39 is 17.6 Å². The molecule has 6 rings (SSSR count). The molecule has 3 heterocycles. The Morgan fingerprint density at radius 3 is 2.86 bits per heavy atom. The maximum Gasteiger partial charge on any atom is 0.284 e. The Bertz CT molecular complexity index is 1520. The smallest absolute Gasteiger partial charge is 0.284 e. The van der Waals surface area contributed by atoms with E-state index in [1.165, 1.54) is 30.6 Å². The number of rotatable bonds is 12. The van der Waals surface area contributed by atoms with E-state index in [1.807, 2.05) is 4.90 Å². The van der Waals surface area contributed by atoms with Gasteiger partial charge in [0.05, 0.1) is 55.4 Å². The lowest BCUT2D eigenvalue weighted by Crippen LogP contribution is -2.25. The van der Waals surface area contributed by atoms with E-state index in [0.29, 0.717) is 65.6 Å². The first-order chi connectivity index (χ1) is 20.9. The predicted octanol–water partition coefficient (Wildman–Crippen LogP) is 4.31.